The summed E-state index contributed by atoms with van der Waals surface area (Å²) in [6.07, 6.45) is 5.16. The van der Waals surface area contributed by atoms with Gasteiger partial charge in [0.05, 0.1) is 0 Å². The normalized spacial score (nSPS) is 10.9. The van der Waals surface area contributed by atoms with Crippen molar-refractivity contribution in [2.75, 3.05) is 6.61 Å². The smallest absolute Gasteiger partial charge is 0.341 e. The van der Waals surface area contributed by atoms with E-state index in [4.69, 9.17) is 14.3 Å². The molecule has 0 saturated heterocycles. The van der Waals surface area contributed by atoms with Crippen molar-refractivity contribution in [3.05, 3.63) is 64.5 Å². The monoisotopic (exact) mass is 380 g/mol. The summed E-state index contributed by atoms with van der Waals surface area (Å²) in [7, 11) is 0. The molecule has 1 aromatic heterocycles. The van der Waals surface area contributed by atoms with Crippen LogP contribution in [-0.4, -0.2) is 17.7 Å². The third-order valence-electron chi connectivity index (χ3n) is 4.66. The van der Waals surface area contributed by atoms with Gasteiger partial charge in [0.2, 0.25) is 0 Å². The highest BCUT2D eigenvalue weighted by atomic mass is 16.5. The van der Waals surface area contributed by atoms with Crippen molar-refractivity contribution in [2.45, 2.75) is 39.0 Å². The number of carbonyl (C=O) groups is 1. The molecule has 0 amide bonds. The molecule has 0 unspecified atom stereocenters. The first kappa shape index (κ1) is 19.7. The van der Waals surface area contributed by atoms with Crippen molar-refractivity contribution < 1.29 is 19.1 Å². The number of carboxylic acid groups (broad SMARTS) is 1. The number of aryl methyl sites for hydroxylation is 1. The van der Waals surface area contributed by atoms with Gasteiger partial charge in [-0.15, -0.1) is 0 Å². The number of hydrogen-bond acceptors (Lipinski definition) is 4. The van der Waals surface area contributed by atoms with Crippen molar-refractivity contribution >= 4 is 16.9 Å². The van der Waals surface area contributed by atoms with Crippen LogP contribution in [0.1, 0.15) is 38.2 Å². The van der Waals surface area contributed by atoms with E-state index in [2.05, 4.69) is 6.92 Å². The lowest BCUT2D eigenvalue weighted by Crippen LogP contribution is -2.11. The maximum Gasteiger partial charge on any atom is 0.341 e. The van der Waals surface area contributed by atoms with E-state index in [1.807, 2.05) is 36.4 Å². The lowest BCUT2D eigenvalue weighted by atomic mass is 9.98. The highest BCUT2D eigenvalue weighted by Gasteiger charge is 2.14. The number of fused-ring (bicyclic) bond motifs is 1. The first-order valence-electron chi connectivity index (χ1n) is 9.59. The van der Waals surface area contributed by atoms with E-state index in [1.54, 1.807) is 6.07 Å². The van der Waals surface area contributed by atoms with Crippen LogP contribution in [0.4, 0.5) is 0 Å². The highest BCUT2D eigenvalue weighted by Crippen LogP contribution is 2.33. The number of ether oxygens (including phenoxy) is 1. The fourth-order valence-electron chi connectivity index (χ4n) is 3.30. The topological polar surface area (TPSA) is 76.7 Å². The molecule has 0 bridgehead atoms. The highest BCUT2D eigenvalue weighted by molar-refractivity contribution is 5.94. The van der Waals surface area contributed by atoms with Crippen molar-refractivity contribution in [3.8, 4) is 16.9 Å². The van der Waals surface area contributed by atoms with Gasteiger partial charge in [0, 0.05) is 17.5 Å². The minimum absolute atomic E-state index is 0.393. The van der Waals surface area contributed by atoms with Crippen LogP contribution in [0.15, 0.2) is 57.7 Å². The zero-order chi connectivity index (χ0) is 19.9. The predicted octanol–water partition coefficient (Wildman–Crippen LogP) is 5.05. The van der Waals surface area contributed by atoms with Crippen molar-refractivity contribution in [2.24, 2.45) is 0 Å². The third-order valence-corrected chi connectivity index (χ3v) is 4.66. The Balaban J connectivity index is 2.08. The minimum atomic E-state index is -1.04. The molecule has 1 heterocycles. The summed E-state index contributed by atoms with van der Waals surface area (Å²) in [4.78, 5) is 23.0. The molecule has 0 aliphatic carbocycles. The van der Waals surface area contributed by atoms with Crippen LogP contribution in [0, 0.1) is 0 Å². The molecule has 3 rings (SSSR count). The Hall–Kier alpha value is -3.08. The van der Waals surface area contributed by atoms with Crippen LogP contribution in [0.25, 0.3) is 22.1 Å². The molecule has 5 nitrogen and oxygen atoms in total. The SMILES string of the molecule is CCCCCCc1cc2c(-c3ccccc3)cc(=O)oc2cc1OCC(=O)O. The third kappa shape index (κ3) is 4.80. The molecule has 28 heavy (non-hydrogen) atoms. The summed E-state index contributed by atoms with van der Waals surface area (Å²) in [6, 6.07) is 14.8. The fourth-order valence-corrected chi connectivity index (χ4v) is 3.30. The standard InChI is InChI=1S/C23H24O5/c1-2-3-4-6-11-17-12-19-18(16-9-7-5-8-10-16)13-23(26)28-21(19)14-20(17)27-15-22(24)25/h5,7-10,12-14H,2-4,6,11,15H2,1H3,(H,24,25). The van der Waals surface area contributed by atoms with E-state index in [-0.39, 0.29) is 0 Å². The van der Waals surface area contributed by atoms with Gasteiger partial charge >= 0.3 is 11.6 Å². The Morgan fingerprint density at radius 3 is 2.57 bits per heavy atom. The molecular weight excluding hydrogens is 356 g/mol. The molecule has 0 saturated carbocycles. The minimum Gasteiger partial charge on any atom is -0.481 e. The second-order valence-electron chi connectivity index (χ2n) is 6.79. The largest absolute Gasteiger partial charge is 0.481 e. The molecule has 0 aliphatic rings. The maximum atomic E-state index is 12.1. The van der Waals surface area contributed by atoms with Crippen molar-refractivity contribution in [1.29, 1.82) is 0 Å². The molecule has 2 aromatic carbocycles. The van der Waals surface area contributed by atoms with E-state index < -0.39 is 18.2 Å². The second-order valence-corrected chi connectivity index (χ2v) is 6.79. The summed E-state index contributed by atoms with van der Waals surface area (Å²) in [6.45, 7) is 1.72. The number of rotatable bonds is 9. The van der Waals surface area contributed by atoms with Gasteiger partial charge in [-0.1, -0.05) is 56.5 Å². The van der Waals surface area contributed by atoms with Gasteiger partial charge in [0.1, 0.15) is 11.3 Å². The van der Waals surface area contributed by atoms with Crippen LogP contribution in [0.5, 0.6) is 5.75 Å². The van der Waals surface area contributed by atoms with E-state index in [0.29, 0.717) is 11.3 Å². The quantitative estimate of drug-likeness (QED) is 0.415. The van der Waals surface area contributed by atoms with Crippen LogP contribution < -0.4 is 10.4 Å². The first-order valence-corrected chi connectivity index (χ1v) is 9.59. The van der Waals surface area contributed by atoms with Gasteiger partial charge in [0.25, 0.3) is 0 Å². The molecule has 146 valence electrons. The van der Waals surface area contributed by atoms with E-state index in [1.165, 1.54) is 6.07 Å². The van der Waals surface area contributed by atoms with Crippen LogP contribution >= 0.6 is 0 Å². The fraction of sp³-hybridized carbons (Fsp3) is 0.304. The maximum absolute atomic E-state index is 12.1. The van der Waals surface area contributed by atoms with Gasteiger partial charge in [-0.25, -0.2) is 9.59 Å². The molecule has 0 spiro atoms. The van der Waals surface area contributed by atoms with Gasteiger partial charge in [-0.3, -0.25) is 0 Å². The Kier molecular flexibility index (Phi) is 6.48. The van der Waals surface area contributed by atoms with Gasteiger partial charge < -0.3 is 14.3 Å². The Morgan fingerprint density at radius 1 is 1.07 bits per heavy atom. The average Bonchev–Trinajstić information content (AvgIpc) is 2.69. The number of carboxylic acids is 1. The van der Waals surface area contributed by atoms with Gasteiger partial charge in [-0.2, -0.15) is 0 Å². The first-order chi connectivity index (χ1) is 13.6. The molecule has 0 radical (unpaired) electrons. The molecule has 0 atom stereocenters. The zero-order valence-electron chi connectivity index (χ0n) is 15.9. The summed E-state index contributed by atoms with van der Waals surface area (Å²) < 4.78 is 10.9. The van der Waals surface area contributed by atoms with Gasteiger partial charge in [-0.05, 0) is 35.6 Å². The molecule has 3 aromatic rings. The zero-order valence-corrected chi connectivity index (χ0v) is 15.9. The Morgan fingerprint density at radius 2 is 1.86 bits per heavy atom. The van der Waals surface area contributed by atoms with Crippen molar-refractivity contribution in [3.63, 3.8) is 0 Å². The average molecular weight is 380 g/mol. The van der Waals surface area contributed by atoms with Crippen molar-refractivity contribution in [1.82, 2.24) is 0 Å². The van der Waals surface area contributed by atoms with E-state index in [0.717, 1.165) is 54.2 Å². The molecule has 0 fully saturated rings. The number of benzene rings is 2. The Labute approximate surface area is 163 Å². The second kappa shape index (κ2) is 9.22. The predicted molar refractivity (Wildman–Crippen MR) is 109 cm³/mol. The summed E-state index contributed by atoms with van der Waals surface area (Å²) in [5.41, 5.74) is 2.59. The molecule has 5 heteroatoms. The van der Waals surface area contributed by atoms with E-state index in [9.17, 15) is 9.59 Å². The molecular formula is C23H24O5. The number of hydrogen-bond donors (Lipinski definition) is 1. The van der Waals surface area contributed by atoms with Crippen LogP contribution in [0.2, 0.25) is 0 Å². The Bertz CT molecular complexity index is 1000. The summed E-state index contributed by atoms with van der Waals surface area (Å²) in [5.74, 6) is -0.587. The molecule has 0 aliphatic heterocycles. The lowest BCUT2D eigenvalue weighted by molar-refractivity contribution is -0.139. The molecule has 1 N–H and O–H groups in total. The van der Waals surface area contributed by atoms with E-state index >= 15 is 0 Å². The summed E-state index contributed by atoms with van der Waals surface area (Å²) >= 11 is 0. The van der Waals surface area contributed by atoms with Crippen LogP contribution in [-0.2, 0) is 11.2 Å². The van der Waals surface area contributed by atoms with Crippen LogP contribution in [0.3, 0.4) is 0 Å². The number of aliphatic carboxylic acids is 1. The lowest BCUT2D eigenvalue weighted by Gasteiger charge is -2.13. The summed E-state index contributed by atoms with van der Waals surface area (Å²) in [5, 5.41) is 9.78. The number of unbranched alkanes of at least 4 members (excludes halogenated alkanes) is 3. The van der Waals surface area contributed by atoms with Gasteiger partial charge in [0.15, 0.2) is 6.61 Å².